The summed E-state index contributed by atoms with van der Waals surface area (Å²) in [4.78, 5) is 22.3. The lowest BCUT2D eigenvalue weighted by Crippen LogP contribution is -2.27. The van der Waals surface area contributed by atoms with Gasteiger partial charge in [-0.1, -0.05) is 11.6 Å². The molecule has 0 saturated heterocycles. The molecule has 0 amide bonds. The summed E-state index contributed by atoms with van der Waals surface area (Å²) in [6, 6.07) is 1.57. The van der Waals surface area contributed by atoms with E-state index in [4.69, 9.17) is 21.1 Å². The highest BCUT2D eigenvalue weighted by atomic mass is 35.5. The number of halogens is 1. The third-order valence-corrected chi connectivity index (χ3v) is 3.52. The van der Waals surface area contributed by atoms with Crippen LogP contribution in [-0.2, 0) is 11.2 Å². The first-order chi connectivity index (χ1) is 9.36. The fourth-order valence-corrected chi connectivity index (χ4v) is 2.32. The molecule has 0 fully saturated rings. The molecule has 0 spiro atoms. The van der Waals surface area contributed by atoms with Crippen molar-refractivity contribution in [3.63, 3.8) is 0 Å². The van der Waals surface area contributed by atoms with Gasteiger partial charge in [0.25, 0.3) is 0 Å². The van der Waals surface area contributed by atoms with Gasteiger partial charge in [0, 0.05) is 5.56 Å². The minimum absolute atomic E-state index is 0.229. The van der Waals surface area contributed by atoms with Crippen LogP contribution in [0, 0.1) is 5.41 Å². The standard InChI is InChI=1S/C14H15ClO5/c1-14(2,13(17)18)6-8-5-10(15)9(7-16)12-11(8)19-3-4-20-12/h5,7H,3-4,6H2,1-2H3,(H,17,18). The van der Waals surface area contributed by atoms with Crippen LogP contribution in [-0.4, -0.2) is 30.6 Å². The summed E-state index contributed by atoms with van der Waals surface area (Å²) < 4.78 is 11.0. The van der Waals surface area contributed by atoms with Crippen molar-refractivity contribution in [1.82, 2.24) is 0 Å². The van der Waals surface area contributed by atoms with Crippen molar-refractivity contribution in [2.24, 2.45) is 5.41 Å². The molecular weight excluding hydrogens is 284 g/mol. The molecule has 1 aromatic rings. The Labute approximate surface area is 121 Å². The van der Waals surface area contributed by atoms with E-state index < -0.39 is 11.4 Å². The van der Waals surface area contributed by atoms with Crippen LogP contribution in [0.15, 0.2) is 6.07 Å². The number of ether oxygens (including phenoxy) is 2. The monoisotopic (exact) mass is 298 g/mol. The number of aliphatic carboxylic acids is 1. The Kier molecular flexibility index (Phi) is 3.90. The molecule has 5 nitrogen and oxygen atoms in total. The van der Waals surface area contributed by atoms with Crippen LogP contribution >= 0.6 is 11.6 Å². The fraction of sp³-hybridized carbons (Fsp3) is 0.429. The quantitative estimate of drug-likeness (QED) is 0.865. The first-order valence-corrected chi connectivity index (χ1v) is 6.54. The van der Waals surface area contributed by atoms with E-state index in [1.54, 1.807) is 19.9 Å². The number of rotatable bonds is 4. The topological polar surface area (TPSA) is 72.8 Å². The molecule has 6 heteroatoms. The van der Waals surface area contributed by atoms with Crippen LogP contribution in [0.5, 0.6) is 11.5 Å². The largest absolute Gasteiger partial charge is 0.486 e. The Morgan fingerprint density at radius 3 is 2.55 bits per heavy atom. The smallest absolute Gasteiger partial charge is 0.309 e. The number of hydrogen-bond donors (Lipinski definition) is 1. The van der Waals surface area contributed by atoms with Gasteiger partial charge in [0.1, 0.15) is 13.2 Å². The van der Waals surface area contributed by atoms with Crippen LogP contribution in [0.25, 0.3) is 0 Å². The minimum Gasteiger partial charge on any atom is -0.486 e. The molecule has 1 heterocycles. The summed E-state index contributed by atoms with van der Waals surface area (Å²) in [5, 5.41) is 9.45. The van der Waals surface area contributed by atoms with Gasteiger partial charge in [-0.05, 0) is 26.3 Å². The third-order valence-electron chi connectivity index (χ3n) is 3.21. The van der Waals surface area contributed by atoms with Crippen LogP contribution in [0.4, 0.5) is 0 Å². The van der Waals surface area contributed by atoms with Crippen LogP contribution in [0.3, 0.4) is 0 Å². The maximum atomic E-state index is 11.2. The highest BCUT2D eigenvalue weighted by molar-refractivity contribution is 6.33. The molecule has 0 aromatic heterocycles. The second-order valence-electron chi connectivity index (χ2n) is 5.27. The number of aldehydes is 1. The molecule has 1 aliphatic heterocycles. The number of benzene rings is 1. The van der Waals surface area contributed by atoms with Crippen molar-refractivity contribution in [1.29, 1.82) is 0 Å². The van der Waals surface area contributed by atoms with Crippen molar-refractivity contribution in [3.05, 3.63) is 22.2 Å². The van der Waals surface area contributed by atoms with E-state index >= 15 is 0 Å². The highest BCUT2D eigenvalue weighted by Crippen LogP contribution is 2.42. The number of hydrogen-bond acceptors (Lipinski definition) is 4. The lowest BCUT2D eigenvalue weighted by molar-refractivity contribution is -0.146. The average Bonchev–Trinajstić information content (AvgIpc) is 2.38. The van der Waals surface area contributed by atoms with Crippen molar-refractivity contribution >= 4 is 23.9 Å². The summed E-state index contributed by atoms with van der Waals surface area (Å²) in [7, 11) is 0. The maximum Gasteiger partial charge on any atom is 0.309 e. The van der Waals surface area contributed by atoms with Gasteiger partial charge >= 0.3 is 5.97 Å². The molecule has 1 aliphatic rings. The van der Waals surface area contributed by atoms with Crippen LogP contribution in [0.1, 0.15) is 29.8 Å². The van der Waals surface area contributed by atoms with Gasteiger partial charge in [0.05, 0.1) is 16.0 Å². The Morgan fingerprint density at radius 2 is 2.00 bits per heavy atom. The highest BCUT2D eigenvalue weighted by Gasteiger charge is 2.31. The number of carboxylic acids is 1. The zero-order valence-corrected chi connectivity index (χ0v) is 12.0. The molecule has 0 bridgehead atoms. The molecule has 0 saturated carbocycles. The summed E-state index contributed by atoms with van der Waals surface area (Å²) in [6.07, 6.45) is 0.842. The second-order valence-corrected chi connectivity index (χ2v) is 5.68. The molecule has 0 atom stereocenters. The van der Waals surface area contributed by atoms with Crippen molar-refractivity contribution in [2.75, 3.05) is 13.2 Å². The Hall–Kier alpha value is -1.75. The van der Waals surface area contributed by atoms with E-state index in [1.807, 2.05) is 0 Å². The predicted octanol–water partition coefficient (Wildman–Crippen LogP) is 2.58. The van der Waals surface area contributed by atoms with Gasteiger partial charge in [0.15, 0.2) is 17.8 Å². The predicted molar refractivity (Wildman–Crippen MR) is 73.0 cm³/mol. The summed E-state index contributed by atoms with van der Waals surface area (Å²) in [6.45, 7) is 3.92. The van der Waals surface area contributed by atoms with Gasteiger partial charge in [-0.25, -0.2) is 0 Å². The molecule has 0 aliphatic carbocycles. The Balaban J connectivity index is 2.52. The van der Waals surface area contributed by atoms with Gasteiger partial charge in [-0.3, -0.25) is 9.59 Å². The molecule has 0 unspecified atom stereocenters. The van der Waals surface area contributed by atoms with E-state index in [2.05, 4.69) is 0 Å². The minimum atomic E-state index is -0.972. The number of carbonyl (C=O) groups is 2. The maximum absolute atomic E-state index is 11.2. The van der Waals surface area contributed by atoms with Crippen LogP contribution in [0.2, 0.25) is 5.02 Å². The molecule has 1 N–H and O–H groups in total. The third kappa shape index (κ3) is 2.58. The molecule has 1 aromatic carbocycles. The summed E-state index contributed by atoms with van der Waals surface area (Å²) >= 11 is 6.06. The lowest BCUT2D eigenvalue weighted by Gasteiger charge is -2.26. The van der Waals surface area contributed by atoms with E-state index in [9.17, 15) is 14.7 Å². The number of carbonyl (C=O) groups excluding carboxylic acids is 1. The summed E-state index contributed by atoms with van der Waals surface area (Å²) in [5.41, 5.74) is -0.110. The van der Waals surface area contributed by atoms with Crippen molar-refractivity contribution in [3.8, 4) is 11.5 Å². The van der Waals surface area contributed by atoms with E-state index in [-0.39, 0.29) is 17.0 Å². The molecular formula is C14H15ClO5. The average molecular weight is 299 g/mol. The SMILES string of the molecule is CC(C)(Cc1cc(Cl)c(C=O)c2c1OCCO2)C(=O)O. The Morgan fingerprint density at radius 1 is 1.40 bits per heavy atom. The molecule has 2 rings (SSSR count). The van der Waals surface area contributed by atoms with Gasteiger partial charge in [-0.2, -0.15) is 0 Å². The zero-order chi connectivity index (χ0) is 14.9. The molecule has 108 valence electrons. The van der Waals surface area contributed by atoms with E-state index in [0.29, 0.717) is 36.6 Å². The van der Waals surface area contributed by atoms with Crippen molar-refractivity contribution in [2.45, 2.75) is 20.3 Å². The van der Waals surface area contributed by atoms with E-state index in [0.717, 1.165) is 0 Å². The summed E-state index contributed by atoms with van der Waals surface area (Å²) in [5.74, 6) is -0.203. The van der Waals surface area contributed by atoms with Gasteiger partial charge in [-0.15, -0.1) is 0 Å². The van der Waals surface area contributed by atoms with Gasteiger partial charge < -0.3 is 14.6 Å². The lowest BCUT2D eigenvalue weighted by atomic mass is 9.85. The van der Waals surface area contributed by atoms with Crippen molar-refractivity contribution < 1.29 is 24.2 Å². The van der Waals surface area contributed by atoms with Gasteiger partial charge in [0.2, 0.25) is 0 Å². The Bertz CT molecular complexity index is 565. The first kappa shape index (κ1) is 14.7. The number of fused-ring (bicyclic) bond motifs is 1. The second kappa shape index (κ2) is 5.32. The normalized spacial score (nSPS) is 13.9. The molecule has 0 radical (unpaired) electrons. The molecule has 20 heavy (non-hydrogen) atoms. The van der Waals surface area contributed by atoms with Crippen LogP contribution < -0.4 is 9.47 Å². The zero-order valence-electron chi connectivity index (χ0n) is 11.2. The first-order valence-electron chi connectivity index (χ1n) is 6.16. The van der Waals surface area contributed by atoms with E-state index in [1.165, 1.54) is 0 Å². The fourth-order valence-electron chi connectivity index (χ4n) is 2.05. The number of carboxylic acid groups (broad SMARTS) is 1.